The summed E-state index contributed by atoms with van der Waals surface area (Å²) in [5.74, 6) is 0.968. The van der Waals surface area contributed by atoms with Crippen LogP contribution in [0.1, 0.15) is 29.9 Å². The van der Waals surface area contributed by atoms with Crippen molar-refractivity contribution in [3.05, 3.63) is 54.0 Å². The quantitative estimate of drug-likeness (QED) is 0.890. The van der Waals surface area contributed by atoms with Crippen molar-refractivity contribution in [2.75, 3.05) is 18.5 Å². The molecule has 0 radical (unpaired) electrons. The molecule has 1 heterocycles. The van der Waals surface area contributed by atoms with Crippen molar-refractivity contribution >= 4 is 11.7 Å². The summed E-state index contributed by atoms with van der Waals surface area (Å²) in [6.45, 7) is 5.48. The molecule has 1 N–H and O–H groups in total. The molecule has 1 aromatic carbocycles. The Labute approximate surface area is 131 Å². The predicted octanol–water partition coefficient (Wildman–Crippen LogP) is 2.50. The monoisotopic (exact) mass is 298 g/mol. The fourth-order valence-corrected chi connectivity index (χ4v) is 1.96. The van der Waals surface area contributed by atoms with Crippen molar-refractivity contribution in [1.82, 2.24) is 15.3 Å². The lowest BCUT2D eigenvalue weighted by Crippen LogP contribution is -2.28. The van der Waals surface area contributed by atoms with Crippen LogP contribution in [0.25, 0.3) is 0 Å². The third kappa shape index (κ3) is 4.55. The molecule has 5 nitrogen and oxygen atoms in total. The molecule has 2 rings (SSSR count). The van der Waals surface area contributed by atoms with E-state index < -0.39 is 0 Å². The minimum absolute atomic E-state index is 0.182. The van der Waals surface area contributed by atoms with Crippen molar-refractivity contribution in [3.8, 4) is 0 Å². The van der Waals surface area contributed by atoms with Gasteiger partial charge in [0.2, 0.25) is 0 Å². The first kappa shape index (κ1) is 15.9. The maximum Gasteiger partial charge on any atom is 0.271 e. The van der Waals surface area contributed by atoms with Crippen LogP contribution in [0.2, 0.25) is 0 Å². The molecule has 2 aromatic rings. The van der Waals surface area contributed by atoms with Crippen molar-refractivity contribution in [1.29, 1.82) is 0 Å². The number of aromatic nitrogens is 2. The molecule has 116 valence electrons. The lowest BCUT2D eigenvalue weighted by Gasteiger charge is -2.17. The number of hydrogen-bond acceptors (Lipinski definition) is 4. The molecule has 22 heavy (non-hydrogen) atoms. The van der Waals surface area contributed by atoms with Crippen LogP contribution < -0.4 is 10.2 Å². The fraction of sp³-hybridized carbons (Fsp3) is 0.353. The van der Waals surface area contributed by atoms with Gasteiger partial charge in [0.1, 0.15) is 11.5 Å². The SMILES string of the molecule is CC(C)CNC(=O)c1cnc(N(C)Cc2ccccc2)cn1. The highest BCUT2D eigenvalue weighted by atomic mass is 16.1. The van der Waals surface area contributed by atoms with Gasteiger partial charge in [-0.05, 0) is 11.5 Å². The van der Waals surface area contributed by atoms with Gasteiger partial charge in [0.25, 0.3) is 5.91 Å². The van der Waals surface area contributed by atoms with E-state index in [0.717, 1.165) is 12.4 Å². The summed E-state index contributed by atoms with van der Waals surface area (Å²) in [5.41, 5.74) is 1.54. The predicted molar refractivity (Wildman–Crippen MR) is 87.8 cm³/mol. The highest BCUT2D eigenvalue weighted by Crippen LogP contribution is 2.11. The molecule has 0 saturated carbocycles. The standard InChI is InChI=1S/C17H22N4O/c1-13(2)9-20-17(22)15-10-19-16(11-18-15)21(3)12-14-7-5-4-6-8-14/h4-8,10-11,13H,9,12H2,1-3H3,(H,20,22). The second-order valence-electron chi connectivity index (χ2n) is 5.71. The summed E-state index contributed by atoms with van der Waals surface area (Å²) >= 11 is 0. The molecule has 1 aromatic heterocycles. The molecular weight excluding hydrogens is 276 g/mol. The number of carbonyl (C=O) groups is 1. The van der Waals surface area contributed by atoms with Crippen LogP contribution in [0.5, 0.6) is 0 Å². The first-order chi connectivity index (χ1) is 10.6. The third-order valence-corrected chi connectivity index (χ3v) is 3.20. The first-order valence-corrected chi connectivity index (χ1v) is 7.41. The van der Waals surface area contributed by atoms with Gasteiger partial charge < -0.3 is 10.2 Å². The summed E-state index contributed by atoms with van der Waals surface area (Å²) in [4.78, 5) is 22.4. The van der Waals surface area contributed by atoms with Crippen LogP contribution >= 0.6 is 0 Å². The van der Waals surface area contributed by atoms with Crippen molar-refractivity contribution in [2.45, 2.75) is 20.4 Å². The lowest BCUT2D eigenvalue weighted by atomic mass is 10.2. The smallest absolute Gasteiger partial charge is 0.271 e. The minimum Gasteiger partial charge on any atom is -0.354 e. The van der Waals surface area contributed by atoms with E-state index in [2.05, 4.69) is 27.4 Å². The molecule has 0 spiro atoms. The normalized spacial score (nSPS) is 10.5. The fourth-order valence-electron chi connectivity index (χ4n) is 1.96. The summed E-state index contributed by atoms with van der Waals surface area (Å²) < 4.78 is 0. The highest BCUT2D eigenvalue weighted by Gasteiger charge is 2.10. The van der Waals surface area contributed by atoms with Gasteiger partial charge in [-0.3, -0.25) is 4.79 Å². The molecule has 5 heteroatoms. The summed E-state index contributed by atoms with van der Waals surface area (Å²) in [6, 6.07) is 10.2. The molecule has 0 atom stereocenters. The summed E-state index contributed by atoms with van der Waals surface area (Å²) in [5, 5.41) is 2.83. The molecule has 0 aliphatic heterocycles. The average molecular weight is 298 g/mol. The van der Waals surface area contributed by atoms with E-state index in [4.69, 9.17) is 0 Å². The number of carbonyl (C=O) groups excluding carboxylic acids is 1. The number of anilines is 1. The Kier molecular flexibility index (Phi) is 5.47. The second kappa shape index (κ2) is 7.54. The van der Waals surface area contributed by atoms with E-state index in [1.807, 2.05) is 44.0 Å². The van der Waals surface area contributed by atoms with Crippen molar-refractivity contribution < 1.29 is 4.79 Å². The Hall–Kier alpha value is -2.43. The van der Waals surface area contributed by atoms with Crippen LogP contribution in [0.4, 0.5) is 5.82 Å². The van der Waals surface area contributed by atoms with Crippen LogP contribution in [0.3, 0.4) is 0 Å². The summed E-state index contributed by atoms with van der Waals surface area (Å²) in [6.07, 6.45) is 3.15. The first-order valence-electron chi connectivity index (χ1n) is 7.41. The van der Waals surface area contributed by atoms with Crippen molar-refractivity contribution in [2.24, 2.45) is 5.92 Å². The van der Waals surface area contributed by atoms with Gasteiger partial charge in [-0.25, -0.2) is 9.97 Å². The number of benzene rings is 1. The molecule has 1 amide bonds. The third-order valence-electron chi connectivity index (χ3n) is 3.20. The molecule has 0 saturated heterocycles. The number of hydrogen-bond donors (Lipinski definition) is 1. The van der Waals surface area contributed by atoms with Crippen LogP contribution in [0.15, 0.2) is 42.7 Å². The number of amides is 1. The molecule has 0 unspecified atom stereocenters. The zero-order chi connectivity index (χ0) is 15.9. The van der Waals surface area contributed by atoms with E-state index in [0.29, 0.717) is 18.2 Å². The Morgan fingerprint density at radius 2 is 1.91 bits per heavy atom. The minimum atomic E-state index is -0.182. The van der Waals surface area contributed by atoms with Gasteiger partial charge in [0.05, 0.1) is 12.4 Å². The zero-order valence-corrected chi connectivity index (χ0v) is 13.3. The van der Waals surface area contributed by atoms with E-state index in [1.54, 1.807) is 6.20 Å². The van der Waals surface area contributed by atoms with Crippen LogP contribution in [-0.2, 0) is 6.54 Å². The number of nitrogens with zero attached hydrogens (tertiary/aromatic N) is 3. The molecular formula is C17H22N4O. The van der Waals surface area contributed by atoms with E-state index in [1.165, 1.54) is 11.8 Å². The average Bonchev–Trinajstić information content (AvgIpc) is 2.53. The van der Waals surface area contributed by atoms with Gasteiger partial charge in [0, 0.05) is 20.1 Å². The Morgan fingerprint density at radius 3 is 2.50 bits per heavy atom. The maximum atomic E-state index is 11.9. The van der Waals surface area contributed by atoms with E-state index in [-0.39, 0.29) is 5.91 Å². The van der Waals surface area contributed by atoms with E-state index >= 15 is 0 Å². The maximum absolute atomic E-state index is 11.9. The van der Waals surface area contributed by atoms with Gasteiger partial charge in [-0.1, -0.05) is 44.2 Å². The van der Waals surface area contributed by atoms with Gasteiger partial charge in [0.15, 0.2) is 0 Å². The Bertz CT molecular complexity index is 596. The van der Waals surface area contributed by atoms with Gasteiger partial charge >= 0.3 is 0 Å². The van der Waals surface area contributed by atoms with Crippen molar-refractivity contribution in [3.63, 3.8) is 0 Å². The van der Waals surface area contributed by atoms with Gasteiger partial charge in [-0.15, -0.1) is 0 Å². The highest BCUT2D eigenvalue weighted by molar-refractivity contribution is 5.91. The Balaban J connectivity index is 1.97. The van der Waals surface area contributed by atoms with Crippen LogP contribution in [0, 0.1) is 5.92 Å². The molecule has 0 aliphatic carbocycles. The number of rotatable bonds is 6. The lowest BCUT2D eigenvalue weighted by molar-refractivity contribution is 0.0943. The van der Waals surface area contributed by atoms with E-state index in [9.17, 15) is 4.79 Å². The van der Waals surface area contributed by atoms with Crippen LogP contribution in [-0.4, -0.2) is 29.5 Å². The summed E-state index contributed by atoms with van der Waals surface area (Å²) in [7, 11) is 1.95. The molecule has 0 fully saturated rings. The largest absolute Gasteiger partial charge is 0.354 e. The Morgan fingerprint density at radius 1 is 1.18 bits per heavy atom. The zero-order valence-electron chi connectivity index (χ0n) is 13.3. The number of nitrogens with one attached hydrogen (secondary N) is 1. The molecule has 0 aliphatic rings. The van der Waals surface area contributed by atoms with Gasteiger partial charge in [-0.2, -0.15) is 0 Å². The second-order valence-corrected chi connectivity index (χ2v) is 5.71. The topological polar surface area (TPSA) is 58.1 Å². The molecule has 0 bridgehead atoms.